The number of hydrogen-bond acceptors (Lipinski definition) is 3. The van der Waals surface area contributed by atoms with Gasteiger partial charge in [-0.05, 0) is 6.92 Å². The molecule has 4 heteroatoms. The molecular weight excluding hydrogens is 226 g/mol. The summed E-state index contributed by atoms with van der Waals surface area (Å²) in [5.41, 5.74) is 2.79. The molecule has 2 aromatic heterocycles. The highest BCUT2D eigenvalue weighted by molar-refractivity contribution is 6.09. The van der Waals surface area contributed by atoms with Gasteiger partial charge in [-0.3, -0.25) is 4.79 Å². The molecule has 0 amide bonds. The first kappa shape index (κ1) is 10.7. The maximum absolute atomic E-state index is 12.4. The summed E-state index contributed by atoms with van der Waals surface area (Å²) in [6, 6.07) is 11.0. The van der Waals surface area contributed by atoms with Gasteiger partial charge in [0.15, 0.2) is 11.4 Å². The zero-order chi connectivity index (χ0) is 12.5. The van der Waals surface area contributed by atoms with Crippen molar-refractivity contribution < 1.29 is 4.79 Å². The first-order valence-electron chi connectivity index (χ1n) is 5.66. The second-order valence-corrected chi connectivity index (χ2v) is 4.05. The van der Waals surface area contributed by atoms with Crippen LogP contribution >= 0.6 is 0 Å². The summed E-state index contributed by atoms with van der Waals surface area (Å²) in [5.74, 6) is -0.0296. The number of hydrogen-bond donors (Lipinski definition) is 0. The molecule has 0 aliphatic rings. The molecule has 0 aliphatic carbocycles. The van der Waals surface area contributed by atoms with Gasteiger partial charge in [-0.1, -0.05) is 30.3 Å². The molecule has 0 saturated carbocycles. The van der Waals surface area contributed by atoms with Crippen LogP contribution in [-0.2, 0) is 0 Å². The van der Waals surface area contributed by atoms with Crippen molar-refractivity contribution in [3.8, 4) is 0 Å². The summed E-state index contributed by atoms with van der Waals surface area (Å²) in [4.78, 5) is 16.6. The van der Waals surface area contributed by atoms with E-state index in [1.165, 1.54) is 0 Å². The first-order chi connectivity index (χ1) is 8.77. The van der Waals surface area contributed by atoms with Gasteiger partial charge in [0.2, 0.25) is 0 Å². The number of carbonyl (C=O) groups is 1. The van der Waals surface area contributed by atoms with E-state index in [1.54, 1.807) is 29.0 Å². The molecule has 0 fully saturated rings. The molecule has 0 bridgehead atoms. The Hall–Kier alpha value is -2.49. The molecule has 0 atom stereocenters. The Morgan fingerprint density at radius 2 is 1.94 bits per heavy atom. The van der Waals surface area contributed by atoms with Crippen LogP contribution in [0.5, 0.6) is 0 Å². The first-order valence-corrected chi connectivity index (χ1v) is 5.66. The fourth-order valence-electron chi connectivity index (χ4n) is 1.96. The Bertz CT molecular complexity index is 716. The van der Waals surface area contributed by atoms with Gasteiger partial charge in [-0.2, -0.15) is 5.10 Å². The Kier molecular flexibility index (Phi) is 2.41. The van der Waals surface area contributed by atoms with Gasteiger partial charge in [-0.15, -0.1) is 0 Å². The van der Waals surface area contributed by atoms with Crippen molar-refractivity contribution in [1.82, 2.24) is 14.6 Å². The zero-order valence-electron chi connectivity index (χ0n) is 9.87. The van der Waals surface area contributed by atoms with E-state index < -0.39 is 0 Å². The molecule has 0 unspecified atom stereocenters. The largest absolute Gasteiger partial charge is 0.288 e. The Morgan fingerprint density at radius 3 is 2.72 bits per heavy atom. The van der Waals surface area contributed by atoms with E-state index in [9.17, 15) is 4.79 Å². The maximum Gasteiger partial charge on any atom is 0.196 e. The average molecular weight is 237 g/mol. The van der Waals surface area contributed by atoms with Gasteiger partial charge in [0, 0.05) is 17.8 Å². The standard InChI is InChI=1S/C14H11N3O/c1-10-12(9-15-13-7-8-16-17(10)13)14(18)11-5-3-2-4-6-11/h2-9H,1H3. The van der Waals surface area contributed by atoms with Gasteiger partial charge in [-0.25, -0.2) is 9.50 Å². The molecule has 1 aromatic carbocycles. The number of rotatable bonds is 2. The molecule has 88 valence electrons. The highest BCUT2D eigenvalue weighted by Crippen LogP contribution is 2.14. The van der Waals surface area contributed by atoms with Crippen LogP contribution in [0.3, 0.4) is 0 Å². The summed E-state index contributed by atoms with van der Waals surface area (Å²) in [7, 11) is 0. The van der Waals surface area contributed by atoms with Crippen LogP contribution in [0.15, 0.2) is 48.8 Å². The minimum Gasteiger partial charge on any atom is -0.288 e. The zero-order valence-corrected chi connectivity index (χ0v) is 9.87. The summed E-state index contributed by atoms with van der Waals surface area (Å²) < 4.78 is 1.68. The SMILES string of the molecule is Cc1c(C(=O)c2ccccc2)cnc2ccnn12. The molecule has 0 saturated heterocycles. The summed E-state index contributed by atoms with van der Waals surface area (Å²) in [6.07, 6.45) is 3.29. The van der Waals surface area contributed by atoms with E-state index in [-0.39, 0.29) is 5.78 Å². The number of aromatic nitrogens is 3. The minimum absolute atomic E-state index is 0.0296. The molecule has 2 heterocycles. The smallest absolute Gasteiger partial charge is 0.196 e. The lowest BCUT2D eigenvalue weighted by molar-refractivity contribution is 0.103. The monoisotopic (exact) mass is 237 g/mol. The molecule has 0 aliphatic heterocycles. The number of aryl methyl sites for hydroxylation is 1. The molecule has 3 aromatic rings. The third kappa shape index (κ3) is 1.59. The van der Waals surface area contributed by atoms with Crippen LogP contribution in [-0.4, -0.2) is 20.4 Å². The lowest BCUT2D eigenvalue weighted by Crippen LogP contribution is -2.08. The van der Waals surface area contributed by atoms with Crippen LogP contribution < -0.4 is 0 Å². The average Bonchev–Trinajstić information content (AvgIpc) is 2.89. The molecule has 18 heavy (non-hydrogen) atoms. The molecule has 3 rings (SSSR count). The molecular formula is C14H11N3O. The second-order valence-electron chi connectivity index (χ2n) is 4.05. The van der Waals surface area contributed by atoms with Gasteiger partial charge in [0.25, 0.3) is 0 Å². The highest BCUT2D eigenvalue weighted by atomic mass is 16.1. The van der Waals surface area contributed by atoms with Crippen molar-refractivity contribution in [2.75, 3.05) is 0 Å². The van der Waals surface area contributed by atoms with Crippen LogP contribution in [0.25, 0.3) is 5.65 Å². The number of benzene rings is 1. The number of carbonyl (C=O) groups excluding carboxylic acids is 1. The van der Waals surface area contributed by atoms with Crippen molar-refractivity contribution in [2.24, 2.45) is 0 Å². The number of fused-ring (bicyclic) bond motifs is 1. The van der Waals surface area contributed by atoms with E-state index in [4.69, 9.17) is 0 Å². The lowest BCUT2D eigenvalue weighted by Gasteiger charge is -2.06. The van der Waals surface area contributed by atoms with Crippen LogP contribution in [0.4, 0.5) is 0 Å². The van der Waals surface area contributed by atoms with Crippen molar-refractivity contribution in [3.05, 3.63) is 65.6 Å². The van der Waals surface area contributed by atoms with E-state index in [1.807, 2.05) is 31.2 Å². The van der Waals surface area contributed by atoms with E-state index in [0.29, 0.717) is 11.1 Å². The van der Waals surface area contributed by atoms with E-state index in [0.717, 1.165) is 11.3 Å². The third-order valence-corrected chi connectivity index (χ3v) is 2.94. The fourth-order valence-corrected chi connectivity index (χ4v) is 1.96. The lowest BCUT2D eigenvalue weighted by atomic mass is 10.0. The minimum atomic E-state index is -0.0296. The normalized spacial score (nSPS) is 10.7. The topological polar surface area (TPSA) is 47.3 Å². The Morgan fingerprint density at radius 1 is 1.17 bits per heavy atom. The van der Waals surface area contributed by atoms with Crippen molar-refractivity contribution >= 4 is 11.4 Å². The Labute approximate surface area is 104 Å². The highest BCUT2D eigenvalue weighted by Gasteiger charge is 2.14. The third-order valence-electron chi connectivity index (χ3n) is 2.94. The second kappa shape index (κ2) is 4.07. The molecule has 0 N–H and O–H groups in total. The van der Waals surface area contributed by atoms with Crippen molar-refractivity contribution in [1.29, 1.82) is 0 Å². The predicted molar refractivity (Wildman–Crippen MR) is 67.6 cm³/mol. The van der Waals surface area contributed by atoms with Crippen molar-refractivity contribution in [3.63, 3.8) is 0 Å². The predicted octanol–water partition coefficient (Wildman–Crippen LogP) is 2.27. The van der Waals surface area contributed by atoms with E-state index >= 15 is 0 Å². The van der Waals surface area contributed by atoms with Crippen LogP contribution in [0.2, 0.25) is 0 Å². The summed E-state index contributed by atoms with van der Waals surface area (Å²) in [6.45, 7) is 1.87. The van der Waals surface area contributed by atoms with Gasteiger partial charge >= 0.3 is 0 Å². The fraction of sp³-hybridized carbons (Fsp3) is 0.0714. The molecule has 0 radical (unpaired) electrons. The van der Waals surface area contributed by atoms with Crippen LogP contribution in [0.1, 0.15) is 21.6 Å². The maximum atomic E-state index is 12.4. The van der Waals surface area contributed by atoms with Crippen LogP contribution in [0, 0.1) is 6.92 Å². The number of nitrogens with zero attached hydrogens (tertiary/aromatic N) is 3. The van der Waals surface area contributed by atoms with E-state index in [2.05, 4.69) is 10.1 Å². The van der Waals surface area contributed by atoms with Gasteiger partial charge in [0.1, 0.15) is 0 Å². The quantitative estimate of drug-likeness (QED) is 0.642. The van der Waals surface area contributed by atoms with Gasteiger partial charge in [0.05, 0.1) is 17.5 Å². The summed E-state index contributed by atoms with van der Waals surface area (Å²) in [5, 5.41) is 4.16. The van der Waals surface area contributed by atoms with Crippen molar-refractivity contribution in [2.45, 2.75) is 6.92 Å². The molecule has 4 nitrogen and oxygen atoms in total. The summed E-state index contributed by atoms with van der Waals surface area (Å²) >= 11 is 0. The Balaban J connectivity index is 2.15. The molecule has 0 spiro atoms. The van der Waals surface area contributed by atoms with Gasteiger partial charge < -0.3 is 0 Å². The number of ketones is 1.